The minimum absolute atomic E-state index is 0.0879. The number of nitrogens with zero attached hydrogens (tertiary/aromatic N) is 4. The summed E-state index contributed by atoms with van der Waals surface area (Å²) in [6.07, 6.45) is 5.51. The van der Waals surface area contributed by atoms with Gasteiger partial charge in [0.15, 0.2) is 6.79 Å². The molecule has 0 radical (unpaired) electrons. The average molecular weight is 477 g/mol. The molecule has 2 aromatic rings. The summed E-state index contributed by atoms with van der Waals surface area (Å²) in [5.74, 6) is 1.15. The zero-order valence-corrected chi connectivity index (χ0v) is 20.3. The summed E-state index contributed by atoms with van der Waals surface area (Å²) < 4.78 is 26.3. The molecule has 4 atom stereocenters. The first-order chi connectivity index (χ1) is 15.7. The summed E-state index contributed by atoms with van der Waals surface area (Å²) in [5.41, 5.74) is 1.12. The normalized spacial score (nSPS) is 27.3. The number of rotatable bonds is 7. The summed E-state index contributed by atoms with van der Waals surface area (Å²) in [7, 11) is 2.75. The highest BCUT2D eigenvalue weighted by Crippen LogP contribution is 2.45. The molecule has 7 nitrogen and oxygen atoms in total. The van der Waals surface area contributed by atoms with Crippen LogP contribution in [0.25, 0.3) is 11.3 Å². The zero-order chi connectivity index (χ0) is 23.8. The Hall–Kier alpha value is -1.94. The fourth-order valence-corrected chi connectivity index (χ4v) is 5.70. The maximum atomic E-state index is 15.7. The number of halogens is 2. The molecule has 33 heavy (non-hydrogen) atoms. The summed E-state index contributed by atoms with van der Waals surface area (Å²) in [6, 6.07) is 4.66. The fourth-order valence-electron chi connectivity index (χ4n) is 5.54. The Bertz CT molecular complexity index is 969. The predicted molar refractivity (Wildman–Crippen MR) is 128 cm³/mol. The van der Waals surface area contributed by atoms with Crippen LogP contribution in [0, 0.1) is 0 Å². The fraction of sp³-hybridized carbons (Fsp3) is 0.565. The second-order valence-electron chi connectivity index (χ2n) is 9.27. The van der Waals surface area contributed by atoms with Gasteiger partial charge in [0.1, 0.15) is 17.7 Å². The van der Waals surface area contributed by atoms with E-state index in [9.17, 15) is 5.02 Å². The summed E-state index contributed by atoms with van der Waals surface area (Å²) in [4.78, 5) is 13.0. The van der Waals surface area contributed by atoms with Crippen molar-refractivity contribution in [1.82, 2.24) is 14.8 Å². The van der Waals surface area contributed by atoms with E-state index in [4.69, 9.17) is 21.1 Å². The molecule has 2 fully saturated rings. The highest BCUT2D eigenvalue weighted by atomic mass is 35.5. The van der Waals surface area contributed by atoms with Gasteiger partial charge in [-0.25, -0.2) is 9.37 Å². The number of benzene rings is 1. The maximum Gasteiger partial charge on any atom is 0.377 e. The largest absolute Gasteiger partial charge is 0.467 e. The van der Waals surface area contributed by atoms with Crippen LogP contribution in [0.15, 0.2) is 30.6 Å². The Morgan fingerprint density at radius 1 is 1.36 bits per heavy atom. The lowest BCUT2D eigenvalue weighted by molar-refractivity contribution is -0.0319. The molecule has 10 heteroatoms. The molecule has 1 aromatic heterocycles. The Morgan fingerprint density at radius 2 is 2.15 bits per heavy atom. The average Bonchev–Trinajstić information content (AvgIpc) is 2.79. The monoisotopic (exact) mass is 476 g/mol. The molecule has 0 saturated carbocycles. The molecule has 2 aliphatic rings. The number of fused-ring (bicyclic) bond motifs is 2. The van der Waals surface area contributed by atoms with Crippen molar-refractivity contribution in [3.8, 4) is 17.0 Å². The van der Waals surface area contributed by atoms with Crippen LogP contribution in [0.4, 0.5) is 10.2 Å². The van der Waals surface area contributed by atoms with Gasteiger partial charge >= 0.3 is 7.05 Å². The van der Waals surface area contributed by atoms with E-state index in [1.54, 1.807) is 38.5 Å². The molecule has 1 unspecified atom stereocenters. The van der Waals surface area contributed by atoms with Gasteiger partial charge in [-0.15, -0.1) is 0 Å². The van der Waals surface area contributed by atoms with Gasteiger partial charge in [-0.1, -0.05) is 18.0 Å². The van der Waals surface area contributed by atoms with Gasteiger partial charge in [0, 0.05) is 36.3 Å². The molecule has 0 aliphatic carbocycles. The van der Waals surface area contributed by atoms with Crippen LogP contribution < -0.4 is 9.64 Å². The molecule has 3 heterocycles. The van der Waals surface area contributed by atoms with Crippen molar-refractivity contribution in [1.29, 1.82) is 0 Å². The zero-order valence-electron chi connectivity index (χ0n) is 19.5. The van der Waals surface area contributed by atoms with Gasteiger partial charge in [-0.2, -0.15) is 0 Å². The lowest BCUT2D eigenvalue weighted by Gasteiger charge is -2.59. The minimum atomic E-state index is -1.09. The Balaban J connectivity index is 1.57. The van der Waals surface area contributed by atoms with E-state index in [1.165, 1.54) is 0 Å². The summed E-state index contributed by atoms with van der Waals surface area (Å²) in [5, 5.41) is 10.9. The van der Waals surface area contributed by atoms with Gasteiger partial charge in [-0.3, -0.25) is 4.98 Å². The molecular formula is C23H31BClFN4O3. The van der Waals surface area contributed by atoms with Crippen LogP contribution in [0.2, 0.25) is 11.8 Å². The molecular weight excluding hydrogens is 446 g/mol. The van der Waals surface area contributed by atoms with Crippen LogP contribution in [0.1, 0.15) is 32.6 Å². The van der Waals surface area contributed by atoms with Crippen molar-refractivity contribution in [2.45, 2.75) is 63.2 Å². The summed E-state index contributed by atoms with van der Waals surface area (Å²) >= 11 is 6.11. The lowest BCUT2D eigenvalue weighted by atomic mass is 9.64. The van der Waals surface area contributed by atoms with Crippen molar-refractivity contribution in [3.63, 3.8) is 0 Å². The first-order valence-corrected chi connectivity index (χ1v) is 11.7. The smallest absolute Gasteiger partial charge is 0.377 e. The van der Waals surface area contributed by atoms with Gasteiger partial charge in [0.05, 0.1) is 24.1 Å². The van der Waals surface area contributed by atoms with Crippen LogP contribution in [-0.4, -0.2) is 71.6 Å². The van der Waals surface area contributed by atoms with E-state index in [1.807, 2.05) is 22.8 Å². The van der Waals surface area contributed by atoms with Crippen molar-refractivity contribution in [2.75, 3.05) is 25.9 Å². The van der Waals surface area contributed by atoms with E-state index in [-0.39, 0.29) is 24.4 Å². The van der Waals surface area contributed by atoms with E-state index in [2.05, 4.69) is 16.9 Å². The number of methoxy groups -OCH3 is 1. The van der Waals surface area contributed by atoms with Crippen LogP contribution in [0.5, 0.6) is 5.75 Å². The Morgan fingerprint density at radius 3 is 2.82 bits per heavy atom. The first-order valence-electron chi connectivity index (χ1n) is 11.3. The maximum absolute atomic E-state index is 15.7. The second-order valence-corrected chi connectivity index (χ2v) is 9.71. The SMILES string of the molecule is COCOc1cc(Cl)ccc1-c1cnc(N(C)[C@H]2C[C@]3(C)CCCC([C@H]2F)N3B(C)O)cn1. The molecule has 178 valence electrons. The van der Waals surface area contributed by atoms with Crippen molar-refractivity contribution >= 4 is 24.5 Å². The first kappa shape index (κ1) is 24.2. The highest BCUT2D eigenvalue weighted by molar-refractivity contribution is 6.45. The number of hydrogen-bond acceptors (Lipinski definition) is 7. The molecule has 1 aromatic carbocycles. The number of anilines is 1. The molecule has 2 bridgehead atoms. The standard InChI is InChI=1S/C23H31BClFN4O3/c1-23-9-5-6-18(30(23)24(2)31)22(26)19(11-23)29(3)21-13-27-17(12-28-21)16-8-7-15(25)10-20(16)33-14-32-4/h7-8,10,12-13,18-19,22,31H,5-6,9,11,14H2,1-4H3/t18?,19-,22+,23-/m0/s1. The molecule has 0 amide bonds. The topological polar surface area (TPSA) is 71.0 Å². The van der Waals surface area contributed by atoms with Gasteiger partial charge < -0.3 is 24.2 Å². The van der Waals surface area contributed by atoms with Crippen molar-refractivity contribution < 1.29 is 18.9 Å². The van der Waals surface area contributed by atoms with Crippen molar-refractivity contribution in [2.24, 2.45) is 0 Å². The Labute approximate surface area is 200 Å². The molecule has 2 saturated heterocycles. The third kappa shape index (κ3) is 4.69. The predicted octanol–water partition coefficient (Wildman–Crippen LogP) is 4.05. The van der Waals surface area contributed by atoms with Crippen LogP contribution in [0.3, 0.4) is 0 Å². The third-order valence-electron chi connectivity index (χ3n) is 7.03. The molecule has 1 N–H and O–H groups in total. The number of aromatic nitrogens is 2. The van der Waals surface area contributed by atoms with Gasteiger partial charge in [0.25, 0.3) is 0 Å². The van der Waals surface area contributed by atoms with Crippen molar-refractivity contribution in [3.05, 3.63) is 35.6 Å². The lowest BCUT2D eigenvalue weighted by Crippen LogP contribution is -2.71. The van der Waals surface area contributed by atoms with Gasteiger partial charge in [-0.05, 0) is 51.2 Å². The van der Waals surface area contributed by atoms with Gasteiger partial charge in [0.2, 0.25) is 0 Å². The third-order valence-corrected chi connectivity index (χ3v) is 7.27. The van der Waals surface area contributed by atoms with Crippen LogP contribution in [-0.2, 0) is 4.74 Å². The minimum Gasteiger partial charge on any atom is -0.467 e. The number of hydrogen-bond donors (Lipinski definition) is 1. The van der Waals surface area contributed by atoms with E-state index >= 15 is 4.39 Å². The molecule has 4 rings (SSSR count). The number of piperidine rings is 2. The number of alkyl halides is 1. The quantitative estimate of drug-likeness (QED) is 0.477. The van der Waals surface area contributed by atoms with E-state index in [0.29, 0.717) is 28.7 Å². The van der Waals surface area contributed by atoms with Crippen LogP contribution >= 0.6 is 11.6 Å². The summed E-state index contributed by atoms with van der Waals surface area (Å²) in [6.45, 7) is 3.96. The number of ether oxygens (including phenoxy) is 2. The second kappa shape index (κ2) is 9.74. The highest BCUT2D eigenvalue weighted by Gasteiger charge is 2.54. The Kier molecular flexibility index (Phi) is 7.14. The molecule has 0 spiro atoms. The molecule has 2 aliphatic heterocycles. The van der Waals surface area contributed by atoms with E-state index in [0.717, 1.165) is 24.8 Å². The van der Waals surface area contributed by atoms with E-state index < -0.39 is 13.2 Å².